The summed E-state index contributed by atoms with van der Waals surface area (Å²) in [6, 6.07) is 2.48. The minimum atomic E-state index is 0. The van der Waals surface area contributed by atoms with Crippen LogP contribution in [0.25, 0.3) is 6.08 Å². The zero-order valence-corrected chi connectivity index (χ0v) is 27.0. The number of nitrogens with one attached hydrogen (secondary N) is 1. The van der Waals surface area contributed by atoms with Gasteiger partial charge in [-0.3, -0.25) is 0 Å². The summed E-state index contributed by atoms with van der Waals surface area (Å²) < 4.78 is 0. The quantitative estimate of drug-likeness (QED) is 0.378. The van der Waals surface area contributed by atoms with Crippen LogP contribution in [0, 0.1) is 18.8 Å². The maximum Gasteiger partial charge on any atom is 0.0142 e. The lowest BCUT2D eigenvalue weighted by Crippen LogP contribution is -2.08. The zero-order chi connectivity index (χ0) is 26.8. The smallest absolute Gasteiger partial charge is 0.0142 e. The van der Waals surface area contributed by atoms with Crippen LogP contribution in [0.3, 0.4) is 0 Å². The van der Waals surface area contributed by atoms with E-state index in [0.717, 1.165) is 24.2 Å². The highest BCUT2D eigenvalue weighted by atomic mass is 16.0. The van der Waals surface area contributed by atoms with E-state index in [1.165, 1.54) is 66.5 Å². The van der Waals surface area contributed by atoms with E-state index in [1.807, 2.05) is 27.7 Å². The number of hydrogen-bond donors (Lipinski definition) is 1. The summed E-state index contributed by atoms with van der Waals surface area (Å²) in [7, 11) is 2.07. The minimum absolute atomic E-state index is 0. The summed E-state index contributed by atoms with van der Waals surface area (Å²) in [5, 5.41) is 3.43. The molecule has 37 heavy (non-hydrogen) atoms. The number of benzene rings is 1. The van der Waals surface area contributed by atoms with Crippen molar-refractivity contribution in [3.63, 3.8) is 0 Å². The molecular weight excluding hydrogens is 458 g/mol. The molecule has 0 aliphatic heterocycles. The topological polar surface area (TPSA) is 107 Å². The van der Waals surface area contributed by atoms with Gasteiger partial charge in [0.05, 0.1) is 0 Å². The number of unbranched alkanes of at least 4 members (excludes halogenated alkanes) is 1. The van der Waals surface area contributed by atoms with Crippen molar-refractivity contribution in [2.24, 2.45) is 11.8 Å². The van der Waals surface area contributed by atoms with Gasteiger partial charge in [-0.1, -0.05) is 86.8 Å². The normalized spacial score (nSPS) is 14.5. The molecule has 1 aromatic carbocycles. The van der Waals surface area contributed by atoms with Gasteiger partial charge in [-0.25, -0.2) is 0 Å². The molecule has 4 nitrogen and oxygen atoms in total. The van der Waals surface area contributed by atoms with Crippen molar-refractivity contribution in [3.8, 4) is 0 Å². The second-order valence-corrected chi connectivity index (χ2v) is 10.5. The Morgan fingerprint density at radius 3 is 1.78 bits per heavy atom. The molecule has 0 spiro atoms. The Morgan fingerprint density at radius 1 is 1.03 bits per heavy atom. The van der Waals surface area contributed by atoms with Crippen molar-refractivity contribution in [1.82, 2.24) is 5.32 Å². The highest BCUT2D eigenvalue weighted by Crippen LogP contribution is 2.40. The van der Waals surface area contributed by atoms with Gasteiger partial charge in [-0.05, 0) is 105 Å². The molecule has 0 radical (unpaired) electrons. The summed E-state index contributed by atoms with van der Waals surface area (Å²) in [4.78, 5) is 0. The molecule has 4 heteroatoms. The van der Waals surface area contributed by atoms with Gasteiger partial charge < -0.3 is 21.7 Å². The van der Waals surface area contributed by atoms with Crippen molar-refractivity contribution in [3.05, 3.63) is 51.7 Å². The first-order valence-electron chi connectivity index (χ1n) is 14.2. The lowest BCUT2D eigenvalue weighted by molar-refractivity contribution is 0.737. The van der Waals surface area contributed by atoms with Crippen LogP contribution in [-0.4, -0.2) is 23.5 Å². The molecule has 0 heterocycles. The Balaban J connectivity index is -0.0000000923. The predicted molar refractivity (Wildman–Crippen MR) is 175 cm³/mol. The second kappa shape index (κ2) is 26.0. The van der Waals surface area contributed by atoms with E-state index in [2.05, 4.69) is 86.5 Å². The maximum atomic E-state index is 3.56. The van der Waals surface area contributed by atoms with Gasteiger partial charge in [0.25, 0.3) is 0 Å². The summed E-state index contributed by atoms with van der Waals surface area (Å²) >= 11 is 0. The van der Waals surface area contributed by atoms with E-state index in [0.29, 0.717) is 0 Å². The maximum absolute atomic E-state index is 3.56. The molecule has 2 aliphatic carbocycles. The van der Waals surface area contributed by atoms with Crippen LogP contribution in [0.2, 0.25) is 0 Å². The number of rotatable bonds is 5. The highest BCUT2D eigenvalue weighted by molar-refractivity contribution is 5.65. The molecule has 226 valence electrons. The third kappa shape index (κ3) is 19.2. The van der Waals surface area contributed by atoms with Gasteiger partial charge in [0.1, 0.15) is 0 Å². The van der Waals surface area contributed by atoms with E-state index in [1.54, 1.807) is 11.1 Å². The first-order chi connectivity index (χ1) is 16.0. The lowest BCUT2D eigenvalue weighted by atomic mass is 9.89. The van der Waals surface area contributed by atoms with Crippen molar-refractivity contribution >= 4 is 6.08 Å². The van der Waals surface area contributed by atoms with Crippen molar-refractivity contribution in [1.29, 1.82) is 0 Å². The monoisotopic (exact) mass is 530 g/mol. The molecule has 0 aromatic heterocycles. The van der Waals surface area contributed by atoms with Crippen LogP contribution >= 0.6 is 0 Å². The largest absolute Gasteiger partial charge is 0.412 e. The van der Waals surface area contributed by atoms with E-state index in [-0.39, 0.29) is 19.3 Å². The third-order valence-corrected chi connectivity index (χ3v) is 5.67. The molecule has 1 atom stereocenters. The third-order valence-electron chi connectivity index (χ3n) is 5.67. The molecule has 0 amide bonds. The SMILES string of the molecule is C=C(C)C.CC.CC(C)C.CCCC.CCc1cc2c(c(C)c1/C=C(\NC)C1CC1)C(C)CC2.O.O.O.[HH].[HH]. The van der Waals surface area contributed by atoms with Crippen molar-refractivity contribution in [2.45, 2.75) is 134 Å². The Bertz CT molecular complexity index is 721. The van der Waals surface area contributed by atoms with E-state index in [4.69, 9.17) is 0 Å². The van der Waals surface area contributed by atoms with E-state index in [9.17, 15) is 0 Å². The van der Waals surface area contributed by atoms with Gasteiger partial charge >= 0.3 is 0 Å². The van der Waals surface area contributed by atoms with Crippen molar-refractivity contribution in [2.75, 3.05) is 7.05 Å². The van der Waals surface area contributed by atoms with Crippen LogP contribution in [0.1, 0.15) is 145 Å². The van der Waals surface area contributed by atoms with Gasteiger partial charge in [0.2, 0.25) is 0 Å². The van der Waals surface area contributed by atoms with E-state index >= 15 is 0 Å². The van der Waals surface area contributed by atoms with Crippen LogP contribution in [0.15, 0.2) is 23.9 Å². The molecule has 7 N–H and O–H groups in total. The molecule has 0 saturated heterocycles. The molecule has 1 aromatic rings. The second-order valence-electron chi connectivity index (χ2n) is 10.5. The molecule has 1 saturated carbocycles. The summed E-state index contributed by atoms with van der Waals surface area (Å²) in [6.07, 6.45) is 11.5. The van der Waals surface area contributed by atoms with Gasteiger partial charge in [-0.15, -0.1) is 6.58 Å². The van der Waals surface area contributed by atoms with E-state index < -0.39 is 0 Å². The molecule has 1 fully saturated rings. The minimum Gasteiger partial charge on any atom is -0.412 e. The molecule has 2 aliphatic rings. The van der Waals surface area contributed by atoms with Crippen LogP contribution in [-0.2, 0) is 12.8 Å². The van der Waals surface area contributed by atoms with Gasteiger partial charge in [0, 0.05) is 15.6 Å². The summed E-state index contributed by atoms with van der Waals surface area (Å²) in [5.74, 6) is 2.36. The highest BCUT2D eigenvalue weighted by Gasteiger charge is 2.27. The van der Waals surface area contributed by atoms with Crippen LogP contribution < -0.4 is 5.32 Å². The Labute approximate surface area is 235 Å². The zero-order valence-electron chi connectivity index (χ0n) is 27.0. The first-order valence-corrected chi connectivity index (χ1v) is 14.2. The summed E-state index contributed by atoms with van der Waals surface area (Å²) in [6.45, 7) is 29.4. The van der Waals surface area contributed by atoms with Crippen molar-refractivity contribution < 1.29 is 19.3 Å². The summed E-state index contributed by atoms with van der Waals surface area (Å²) in [5.41, 5.74) is 10.4. The number of allylic oxidation sites excluding steroid dienone is 2. The lowest BCUT2D eigenvalue weighted by Gasteiger charge is -2.17. The first kappa shape index (κ1) is 45.3. The molecule has 1 unspecified atom stereocenters. The predicted octanol–water partition coefficient (Wildman–Crippen LogP) is 8.67. The number of hydrogen-bond acceptors (Lipinski definition) is 1. The average molecular weight is 530 g/mol. The van der Waals surface area contributed by atoms with Crippen LogP contribution in [0.5, 0.6) is 0 Å². The number of fused-ring (bicyclic) bond motifs is 1. The molecule has 3 rings (SSSR count). The fourth-order valence-corrected chi connectivity index (χ4v) is 3.84. The van der Waals surface area contributed by atoms with Crippen LogP contribution in [0.4, 0.5) is 0 Å². The van der Waals surface area contributed by atoms with Gasteiger partial charge in [0.15, 0.2) is 0 Å². The average Bonchev–Trinajstić information content (AvgIpc) is 3.56. The molecule has 0 bridgehead atoms. The Hall–Kier alpha value is -1.62. The fraction of sp³-hybridized carbons (Fsp3) is 0.697. The fourth-order valence-electron chi connectivity index (χ4n) is 3.84. The Morgan fingerprint density at radius 2 is 1.46 bits per heavy atom. The number of aryl methyl sites for hydroxylation is 2. The molecular formula is C33H71NO3. The standard InChI is InChI=1S/C19H27N.C4H10.C4H8.C4H10.C2H6.3H2O.2H2/c1-5-14-10-16-7-6-12(2)19(16)13(3)17(14)11-18(20-4)15-8-9-15;2*1-4(2)3;1-3-4-2;1-2;;;;;/h10-12,15,20H,5-9H2,1-4H3;4H,1-3H3;1H2,2-3H3;3-4H2,1-2H3;1-2H3;3*1H2;2*1H/b18-11-;;;;;;;;;. The van der Waals surface area contributed by atoms with Gasteiger partial charge in [-0.2, -0.15) is 0 Å². The Kier molecular flexibility index (Phi) is 31.8.